The second-order valence-electron chi connectivity index (χ2n) is 8.04. The zero-order chi connectivity index (χ0) is 22.5. The Kier molecular flexibility index (Phi) is 5.21. The molecule has 0 aliphatic carbocycles. The molecule has 1 saturated heterocycles. The molecule has 1 aliphatic rings. The molecule has 0 saturated carbocycles. The standard InChI is InChI=1S/C22H22N4O4S2/c1-13-9-17(14(2)26(13)15-7-8-32(28,29)12-15)20(27)11-31-22-25-24-21(30-22)18-10-23-19-6-4-3-5-16(18)19/h3-6,9-10,15,23H,7-8,11-12H2,1-2H3/t15-/m1/s1. The fourth-order valence-electron chi connectivity index (χ4n) is 4.43. The number of carbonyl (C=O) groups excluding carboxylic acids is 1. The van der Waals surface area contributed by atoms with Crippen LogP contribution in [0.4, 0.5) is 0 Å². The first-order chi connectivity index (χ1) is 15.3. The number of carbonyl (C=O) groups is 1. The Morgan fingerprint density at radius 1 is 1.28 bits per heavy atom. The number of benzene rings is 1. The van der Waals surface area contributed by atoms with Crippen LogP contribution in [0.1, 0.15) is 34.2 Å². The highest BCUT2D eigenvalue weighted by molar-refractivity contribution is 7.99. The first kappa shape index (κ1) is 21.0. The van der Waals surface area contributed by atoms with Crippen LogP contribution in [0.2, 0.25) is 0 Å². The molecule has 1 aromatic carbocycles. The van der Waals surface area contributed by atoms with Gasteiger partial charge in [0.1, 0.15) is 0 Å². The second-order valence-corrected chi connectivity index (χ2v) is 11.2. The third-order valence-electron chi connectivity index (χ3n) is 5.91. The lowest BCUT2D eigenvalue weighted by Crippen LogP contribution is -2.14. The van der Waals surface area contributed by atoms with E-state index in [1.807, 2.05) is 54.9 Å². The summed E-state index contributed by atoms with van der Waals surface area (Å²) in [5, 5.41) is 9.53. The maximum absolute atomic E-state index is 12.9. The topological polar surface area (TPSA) is 111 Å². The number of sulfone groups is 1. The van der Waals surface area contributed by atoms with Gasteiger partial charge in [0.05, 0.1) is 22.8 Å². The van der Waals surface area contributed by atoms with E-state index >= 15 is 0 Å². The highest BCUT2D eigenvalue weighted by Gasteiger charge is 2.31. The van der Waals surface area contributed by atoms with E-state index in [0.717, 1.165) is 27.9 Å². The number of hydrogen-bond donors (Lipinski definition) is 1. The third kappa shape index (κ3) is 3.77. The number of hydrogen-bond acceptors (Lipinski definition) is 7. The summed E-state index contributed by atoms with van der Waals surface area (Å²) in [6.07, 6.45) is 2.41. The molecule has 5 rings (SSSR count). The molecule has 3 aromatic heterocycles. The van der Waals surface area contributed by atoms with Crippen LogP contribution in [0.15, 0.2) is 46.2 Å². The summed E-state index contributed by atoms with van der Waals surface area (Å²) in [6, 6.07) is 9.58. The summed E-state index contributed by atoms with van der Waals surface area (Å²) in [6.45, 7) is 3.78. The number of aryl methyl sites for hydroxylation is 1. The van der Waals surface area contributed by atoms with E-state index in [-0.39, 0.29) is 29.1 Å². The lowest BCUT2D eigenvalue weighted by Gasteiger charge is -2.16. The Morgan fingerprint density at radius 3 is 2.88 bits per heavy atom. The Morgan fingerprint density at radius 2 is 2.09 bits per heavy atom. The van der Waals surface area contributed by atoms with Crippen LogP contribution in [0.3, 0.4) is 0 Å². The number of nitrogens with zero attached hydrogens (tertiary/aromatic N) is 3. The molecule has 0 spiro atoms. The summed E-state index contributed by atoms with van der Waals surface area (Å²) in [5.74, 6) is 0.830. The van der Waals surface area contributed by atoms with Gasteiger partial charge in [-0.2, -0.15) is 0 Å². The molecule has 166 valence electrons. The van der Waals surface area contributed by atoms with Crippen molar-refractivity contribution in [3.05, 3.63) is 53.5 Å². The van der Waals surface area contributed by atoms with Crippen LogP contribution in [-0.4, -0.2) is 51.2 Å². The molecule has 8 nitrogen and oxygen atoms in total. The van der Waals surface area contributed by atoms with Gasteiger partial charge in [-0.05, 0) is 32.4 Å². The van der Waals surface area contributed by atoms with E-state index in [4.69, 9.17) is 4.42 Å². The number of aromatic nitrogens is 4. The van der Waals surface area contributed by atoms with Gasteiger partial charge in [0.25, 0.3) is 11.1 Å². The average molecular weight is 471 g/mol. The minimum atomic E-state index is -3.00. The Bertz CT molecular complexity index is 1430. The van der Waals surface area contributed by atoms with Crippen molar-refractivity contribution in [2.24, 2.45) is 0 Å². The molecule has 1 N–H and O–H groups in total. The maximum Gasteiger partial charge on any atom is 0.277 e. The van der Waals surface area contributed by atoms with Crippen LogP contribution in [-0.2, 0) is 9.84 Å². The Hall–Kier alpha value is -2.85. The molecule has 1 aliphatic heterocycles. The Balaban J connectivity index is 1.30. The second kappa shape index (κ2) is 7.93. The van der Waals surface area contributed by atoms with Gasteiger partial charge in [-0.15, -0.1) is 10.2 Å². The van der Waals surface area contributed by atoms with E-state index in [2.05, 4.69) is 15.2 Å². The van der Waals surface area contributed by atoms with E-state index in [0.29, 0.717) is 23.1 Å². The lowest BCUT2D eigenvalue weighted by atomic mass is 10.2. The van der Waals surface area contributed by atoms with Gasteiger partial charge in [0.15, 0.2) is 15.6 Å². The number of aromatic amines is 1. The van der Waals surface area contributed by atoms with Crippen molar-refractivity contribution in [3.8, 4) is 11.5 Å². The number of H-pyrrole nitrogens is 1. The zero-order valence-electron chi connectivity index (χ0n) is 17.7. The first-order valence-corrected chi connectivity index (χ1v) is 13.1. The molecular weight excluding hydrogens is 448 g/mol. The quantitative estimate of drug-likeness (QED) is 0.335. The van der Waals surface area contributed by atoms with Crippen molar-refractivity contribution in [1.82, 2.24) is 19.7 Å². The average Bonchev–Trinajstić information content (AvgIpc) is 3.52. The number of para-hydroxylation sites is 1. The molecule has 0 amide bonds. The molecule has 10 heteroatoms. The first-order valence-electron chi connectivity index (χ1n) is 10.3. The monoisotopic (exact) mass is 470 g/mol. The van der Waals surface area contributed by atoms with E-state index < -0.39 is 9.84 Å². The fraction of sp³-hybridized carbons (Fsp3) is 0.318. The number of rotatable bonds is 6. The predicted octanol–water partition coefficient (Wildman–Crippen LogP) is 3.97. The van der Waals surface area contributed by atoms with Crippen molar-refractivity contribution in [1.29, 1.82) is 0 Å². The number of Topliss-reactive ketones (excluding diaryl/α,β-unsaturated/α-hetero) is 1. The van der Waals surface area contributed by atoms with Gasteiger partial charge in [0, 0.05) is 40.1 Å². The molecule has 0 bridgehead atoms. The summed E-state index contributed by atoms with van der Waals surface area (Å²) < 4.78 is 31.5. The number of thioether (sulfide) groups is 1. The van der Waals surface area contributed by atoms with Crippen LogP contribution in [0.5, 0.6) is 0 Å². The van der Waals surface area contributed by atoms with Crippen molar-refractivity contribution in [3.63, 3.8) is 0 Å². The molecule has 4 heterocycles. The Labute approximate surface area is 189 Å². The summed E-state index contributed by atoms with van der Waals surface area (Å²) in [4.78, 5) is 16.1. The molecule has 1 atom stereocenters. The van der Waals surface area contributed by atoms with Crippen molar-refractivity contribution >= 4 is 38.3 Å². The van der Waals surface area contributed by atoms with Crippen LogP contribution < -0.4 is 0 Å². The van der Waals surface area contributed by atoms with Crippen LogP contribution in [0, 0.1) is 13.8 Å². The van der Waals surface area contributed by atoms with E-state index in [9.17, 15) is 13.2 Å². The zero-order valence-corrected chi connectivity index (χ0v) is 19.3. The van der Waals surface area contributed by atoms with Gasteiger partial charge in [-0.3, -0.25) is 4.79 Å². The van der Waals surface area contributed by atoms with Gasteiger partial charge in [-0.25, -0.2) is 8.42 Å². The highest BCUT2D eigenvalue weighted by Crippen LogP contribution is 2.31. The van der Waals surface area contributed by atoms with Crippen molar-refractivity contribution in [2.75, 3.05) is 17.3 Å². The van der Waals surface area contributed by atoms with Crippen LogP contribution >= 0.6 is 11.8 Å². The van der Waals surface area contributed by atoms with Gasteiger partial charge >= 0.3 is 0 Å². The fourth-order valence-corrected chi connectivity index (χ4v) is 6.78. The molecular formula is C22H22N4O4S2. The minimum Gasteiger partial charge on any atom is -0.411 e. The summed E-state index contributed by atoms with van der Waals surface area (Å²) >= 11 is 1.20. The van der Waals surface area contributed by atoms with Gasteiger partial charge in [0.2, 0.25) is 0 Å². The highest BCUT2D eigenvalue weighted by atomic mass is 32.2. The summed E-state index contributed by atoms with van der Waals surface area (Å²) in [5.41, 5.74) is 4.12. The lowest BCUT2D eigenvalue weighted by molar-refractivity contribution is 0.102. The van der Waals surface area contributed by atoms with Crippen LogP contribution in [0.25, 0.3) is 22.4 Å². The van der Waals surface area contributed by atoms with E-state index in [1.165, 1.54) is 11.8 Å². The van der Waals surface area contributed by atoms with E-state index in [1.54, 1.807) is 0 Å². The maximum atomic E-state index is 12.9. The molecule has 32 heavy (non-hydrogen) atoms. The van der Waals surface area contributed by atoms with Crippen molar-refractivity contribution in [2.45, 2.75) is 31.5 Å². The van der Waals surface area contributed by atoms with Crippen molar-refractivity contribution < 1.29 is 17.6 Å². The number of nitrogens with one attached hydrogen (secondary N) is 1. The third-order valence-corrected chi connectivity index (χ3v) is 8.48. The molecule has 0 radical (unpaired) electrons. The number of ketones is 1. The molecule has 1 fully saturated rings. The largest absolute Gasteiger partial charge is 0.411 e. The smallest absolute Gasteiger partial charge is 0.277 e. The molecule has 4 aromatic rings. The normalized spacial score (nSPS) is 17.9. The SMILES string of the molecule is Cc1cc(C(=O)CSc2nnc(-c3c[nH]c4ccccc34)o2)c(C)n1[C@@H]1CCS(=O)(=O)C1. The van der Waals surface area contributed by atoms with Gasteiger partial charge < -0.3 is 14.0 Å². The predicted molar refractivity (Wildman–Crippen MR) is 123 cm³/mol. The minimum absolute atomic E-state index is 0.0537. The molecule has 0 unspecified atom stereocenters. The van der Waals surface area contributed by atoms with Gasteiger partial charge in [-0.1, -0.05) is 30.0 Å². The number of fused-ring (bicyclic) bond motifs is 1. The summed E-state index contributed by atoms with van der Waals surface area (Å²) in [7, 11) is -3.00.